The molecule has 0 unspecified atom stereocenters. The second-order valence-electron chi connectivity index (χ2n) is 9.08. The smallest absolute Gasteiger partial charge is 0.224 e. The number of imidazole rings is 1. The van der Waals surface area contributed by atoms with Crippen molar-refractivity contribution in [3.63, 3.8) is 0 Å². The van der Waals surface area contributed by atoms with E-state index in [4.69, 9.17) is 21.2 Å². The van der Waals surface area contributed by atoms with Crippen LogP contribution < -0.4 is 21.5 Å². The molecule has 0 atom stereocenters. The summed E-state index contributed by atoms with van der Waals surface area (Å²) in [6, 6.07) is 16.9. The molecule has 0 bridgehead atoms. The summed E-state index contributed by atoms with van der Waals surface area (Å²) in [7, 11) is 1.70. The summed E-state index contributed by atoms with van der Waals surface area (Å²) in [5.74, 6) is 2.82. The molecule has 1 aliphatic carbocycles. The summed E-state index contributed by atoms with van der Waals surface area (Å²) in [5, 5.41) is 3.46. The number of rotatable bonds is 9. The number of nitrogens with two attached hydrogens (primary N) is 2. The zero-order valence-electron chi connectivity index (χ0n) is 20.2. The lowest BCUT2D eigenvalue weighted by Crippen LogP contribution is -2.12. The van der Waals surface area contributed by atoms with Gasteiger partial charge < -0.3 is 26.1 Å². The van der Waals surface area contributed by atoms with Crippen LogP contribution in [0.25, 0.3) is 22.3 Å². The third-order valence-electron chi connectivity index (χ3n) is 6.76. The molecule has 182 valence electrons. The van der Waals surface area contributed by atoms with Crippen LogP contribution >= 0.6 is 0 Å². The predicted octanol–water partition coefficient (Wildman–Crippen LogP) is 4.70. The van der Waals surface area contributed by atoms with Crippen molar-refractivity contribution in [3.8, 4) is 16.9 Å². The highest BCUT2D eigenvalue weighted by Crippen LogP contribution is 2.35. The van der Waals surface area contributed by atoms with Crippen molar-refractivity contribution in [1.82, 2.24) is 19.5 Å². The molecule has 1 fully saturated rings. The summed E-state index contributed by atoms with van der Waals surface area (Å²) in [6.45, 7) is 1.24. The molecule has 0 spiro atoms. The lowest BCUT2D eigenvalue weighted by molar-refractivity contribution is 0.416. The van der Waals surface area contributed by atoms with Gasteiger partial charge in [-0.25, -0.2) is 4.98 Å². The van der Waals surface area contributed by atoms with Gasteiger partial charge in [-0.15, -0.1) is 0 Å². The first-order valence-corrected chi connectivity index (χ1v) is 12.4. The largest absolute Gasteiger partial charge is 0.496 e. The van der Waals surface area contributed by atoms with Gasteiger partial charge in [0.2, 0.25) is 5.95 Å². The van der Waals surface area contributed by atoms with E-state index >= 15 is 0 Å². The monoisotopic (exact) mass is 471 g/mol. The average Bonchev–Trinajstić information content (AvgIpc) is 3.54. The number of benzene rings is 2. The topological polar surface area (TPSA) is 117 Å². The molecule has 35 heavy (non-hydrogen) atoms. The van der Waals surface area contributed by atoms with E-state index < -0.39 is 0 Å². The number of fused-ring (bicyclic) bond motifs is 1. The fourth-order valence-electron chi connectivity index (χ4n) is 5.01. The number of anilines is 2. The zero-order valence-corrected chi connectivity index (χ0v) is 20.2. The molecule has 8 nitrogen and oxygen atoms in total. The number of methoxy groups -OCH3 is 1. The molecule has 5 rings (SSSR count). The standard InChI is InChI=1S/C27H33N7O/c1-35-22-10-5-4-9-21(22)19-14-12-18(13-15-19)17-30-25-24-26(33-27(29)32-25)34(20-7-2-3-8-20)23(31-24)11-6-16-28/h4-5,9-10,12-15,20H,2-3,6-8,11,16-17,28H2,1H3,(H3,29,30,32,33). The van der Waals surface area contributed by atoms with Gasteiger partial charge in [-0.05, 0) is 43.0 Å². The Bertz CT molecular complexity index is 1290. The molecule has 2 aromatic carbocycles. The fourth-order valence-corrected chi connectivity index (χ4v) is 5.01. The van der Waals surface area contributed by atoms with Gasteiger partial charge in [0.15, 0.2) is 17.0 Å². The van der Waals surface area contributed by atoms with Crippen molar-refractivity contribution in [2.24, 2.45) is 5.73 Å². The third kappa shape index (κ3) is 4.79. The van der Waals surface area contributed by atoms with E-state index in [9.17, 15) is 0 Å². The molecular formula is C27H33N7O. The Kier molecular flexibility index (Phi) is 6.81. The van der Waals surface area contributed by atoms with Crippen molar-refractivity contribution >= 4 is 22.9 Å². The molecule has 2 aromatic heterocycles. The molecule has 2 heterocycles. The average molecular weight is 472 g/mol. The summed E-state index contributed by atoms with van der Waals surface area (Å²) in [4.78, 5) is 14.1. The van der Waals surface area contributed by atoms with Crippen LogP contribution in [0.2, 0.25) is 0 Å². The number of nitrogens with one attached hydrogen (secondary N) is 1. The fraction of sp³-hybridized carbons (Fsp3) is 0.370. The van der Waals surface area contributed by atoms with Crippen LogP contribution in [0, 0.1) is 0 Å². The zero-order chi connectivity index (χ0) is 24.2. The van der Waals surface area contributed by atoms with E-state index in [-0.39, 0.29) is 5.95 Å². The van der Waals surface area contributed by atoms with E-state index in [0.717, 1.165) is 65.1 Å². The van der Waals surface area contributed by atoms with E-state index in [2.05, 4.69) is 50.2 Å². The van der Waals surface area contributed by atoms with Crippen molar-refractivity contribution in [1.29, 1.82) is 0 Å². The van der Waals surface area contributed by atoms with Crippen LogP contribution in [-0.4, -0.2) is 33.2 Å². The lowest BCUT2D eigenvalue weighted by atomic mass is 10.0. The van der Waals surface area contributed by atoms with Gasteiger partial charge >= 0.3 is 0 Å². The number of nitrogens with zero attached hydrogens (tertiary/aromatic N) is 4. The highest BCUT2D eigenvalue weighted by Gasteiger charge is 2.25. The van der Waals surface area contributed by atoms with Crippen molar-refractivity contribution in [2.45, 2.75) is 51.1 Å². The molecule has 8 heteroatoms. The highest BCUT2D eigenvalue weighted by molar-refractivity contribution is 5.85. The number of aromatic nitrogens is 4. The van der Waals surface area contributed by atoms with Gasteiger partial charge in [-0.1, -0.05) is 55.3 Å². The van der Waals surface area contributed by atoms with E-state index in [1.165, 1.54) is 12.8 Å². The Morgan fingerprint density at radius 1 is 1.03 bits per heavy atom. The number of hydrogen-bond acceptors (Lipinski definition) is 7. The van der Waals surface area contributed by atoms with Crippen molar-refractivity contribution < 1.29 is 4.74 Å². The summed E-state index contributed by atoms with van der Waals surface area (Å²) in [5.41, 5.74) is 16.9. The normalized spacial score (nSPS) is 14.0. The van der Waals surface area contributed by atoms with E-state index in [1.54, 1.807) is 7.11 Å². The minimum atomic E-state index is 0.260. The van der Waals surface area contributed by atoms with Crippen LogP contribution in [0.3, 0.4) is 0 Å². The number of ether oxygens (including phenoxy) is 1. The quantitative estimate of drug-likeness (QED) is 0.324. The first-order valence-electron chi connectivity index (χ1n) is 12.4. The van der Waals surface area contributed by atoms with Crippen LogP contribution in [0.1, 0.15) is 49.5 Å². The molecule has 0 aliphatic heterocycles. The first-order chi connectivity index (χ1) is 17.2. The molecule has 1 saturated carbocycles. The minimum absolute atomic E-state index is 0.260. The van der Waals surface area contributed by atoms with E-state index in [1.807, 2.05) is 18.2 Å². The molecule has 0 saturated heterocycles. The van der Waals surface area contributed by atoms with Gasteiger partial charge in [0.25, 0.3) is 0 Å². The number of aryl methyl sites for hydroxylation is 1. The Hall–Kier alpha value is -3.65. The maximum Gasteiger partial charge on any atom is 0.224 e. The summed E-state index contributed by atoms with van der Waals surface area (Å²) >= 11 is 0. The van der Waals surface area contributed by atoms with Crippen LogP contribution in [0.15, 0.2) is 48.5 Å². The number of nitrogen functional groups attached to an aromatic ring is 1. The number of para-hydroxylation sites is 1. The Morgan fingerprint density at radius 2 is 1.80 bits per heavy atom. The first kappa shape index (κ1) is 23.1. The molecule has 4 aromatic rings. The Balaban J connectivity index is 1.41. The molecule has 5 N–H and O–H groups in total. The number of hydrogen-bond donors (Lipinski definition) is 3. The molecule has 0 amide bonds. The second-order valence-corrected chi connectivity index (χ2v) is 9.08. The van der Waals surface area contributed by atoms with Crippen molar-refractivity contribution in [2.75, 3.05) is 24.7 Å². The van der Waals surface area contributed by atoms with Crippen LogP contribution in [0.4, 0.5) is 11.8 Å². The summed E-state index contributed by atoms with van der Waals surface area (Å²) in [6.07, 6.45) is 6.47. The second kappa shape index (κ2) is 10.3. The van der Waals surface area contributed by atoms with Gasteiger partial charge in [-0.3, -0.25) is 0 Å². The molecule has 0 radical (unpaired) electrons. The van der Waals surface area contributed by atoms with Crippen LogP contribution in [0.5, 0.6) is 5.75 Å². The van der Waals surface area contributed by atoms with Gasteiger partial charge in [0.05, 0.1) is 7.11 Å². The highest BCUT2D eigenvalue weighted by atomic mass is 16.5. The maximum atomic E-state index is 6.15. The molecular weight excluding hydrogens is 438 g/mol. The SMILES string of the molecule is COc1ccccc1-c1ccc(CNc2nc(N)nc3c2nc(CCCN)n3C2CCCC2)cc1. The van der Waals surface area contributed by atoms with Gasteiger partial charge in [-0.2, -0.15) is 9.97 Å². The van der Waals surface area contributed by atoms with Crippen LogP contribution in [-0.2, 0) is 13.0 Å². The molecule has 1 aliphatic rings. The Labute approximate surface area is 205 Å². The lowest BCUT2D eigenvalue weighted by Gasteiger charge is -2.16. The third-order valence-corrected chi connectivity index (χ3v) is 6.76. The Morgan fingerprint density at radius 3 is 2.54 bits per heavy atom. The van der Waals surface area contributed by atoms with Crippen molar-refractivity contribution in [3.05, 3.63) is 59.9 Å². The van der Waals surface area contributed by atoms with Gasteiger partial charge in [0.1, 0.15) is 11.6 Å². The minimum Gasteiger partial charge on any atom is -0.496 e. The maximum absolute atomic E-state index is 6.15. The predicted molar refractivity (Wildman–Crippen MR) is 140 cm³/mol. The summed E-state index contributed by atoms with van der Waals surface area (Å²) < 4.78 is 7.80. The van der Waals surface area contributed by atoms with Gasteiger partial charge in [0, 0.05) is 24.6 Å². The van der Waals surface area contributed by atoms with E-state index in [0.29, 0.717) is 24.9 Å².